The van der Waals surface area contributed by atoms with Crippen LogP contribution in [0.5, 0.6) is 0 Å². The first-order valence-electron chi connectivity index (χ1n) is 36.8. The van der Waals surface area contributed by atoms with Gasteiger partial charge in [-0.3, -0.25) is 57.5 Å². The lowest BCUT2D eigenvalue weighted by molar-refractivity contribution is -0.179. The second kappa shape index (κ2) is 37.5. The lowest BCUT2D eigenvalue weighted by atomic mass is 9.74. The van der Waals surface area contributed by atoms with E-state index in [1.165, 1.54) is 42.2 Å². The normalized spacial score (nSPS) is 25.8. The van der Waals surface area contributed by atoms with Gasteiger partial charge in [0.05, 0.1) is 37.8 Å². The third-order valence-corrected chi connectivity index (χ3v) is 21.6. The highest BCUT2D eigenvalue weighted by molar-refractivity contribution is 6.01. The predicted octanol–water partition coefficient (Wildman–Crippen LogP) is 5.27. The Kier molecular flexibility index (Phi) is 30.2. The Morgan fingerprint density at radius 1 is 0.667 bits per heavy atom. The Morgan fingerprint density at radius 2 is 1.29 bits per heavy atom. The molecule has 4 fully saturated rings. The third kappa shape index (κ3) is 22.0. The van der Waals surface area contributed by atoms with Gasteiger partial charge >= 0.3 is 18.5 Å². The van der Waals surface area contributed by atoms with Crippen molar-refractivity contribution in [1.82, 2.24) is 60.0 Å². The number of carbonyl (C=O) groups is 12. The fourth-order valence-electron chi connectivity index (χ4n) is 14.8. The Morgan fingerprint density at radius 3 is 1.85 bits per heavy atom. The second-order valence-corrected chi connectivity index (χ2v) is 29.5. The van der Waals surface area contributed by atoms with Crippen LogP contribution in [0.2, 0.25) is 0 Å². The molecule has 1 spiro atoms. The summed E-state index contributed by atoms with van der Waals surface area (Å²) in [5, 5.41) is 7.85. The molecule has 5 aliphatic rings. The van der Waals surface area contributed by atoms with Crippen LogP contribution >= 0.6 is 0 Å². The van der Waals surface area contributed by atoms with Crippen molar-refractivity contribution in [3.63, 3.8) is 0 Å². The molecular formula is C74H99F11N12O14. The fourth-order valence-corrected chi connectivity index (χ4v) is 14.8. The number of hydrogen-bond donors (Lipinski definition) is 3. The molecule has 2 bridgehead atoms. The van der Waals surface area contributed by atoms with E-state index in [2.05, 4.69) is 16.0 Å². The zero-order valence-electron chi connectivity index (χ0n) is 63.9. The number of nitrogens with zero attached hydrogens (tertiary/aromatic N) is 9. The van der Waals surface area contributed by atoms with Crippen molar-refractivity contribution in [1.29, 1.82) is 0 Å². The van der Waals surface area contributed by atoms with Crippen molar-refractivity contribution in [2.75, 3.05) is 102 Å². The molecule has 7 rings (SSSR count). The second-order valence-electron chi connectivity index (χ2n) is 29.5. The summed E-state index contributed by atoms with van der Waals surface area (Å²) in [5.41, 5.74) is -5.48. The van der Waals surface area contributed by atoms with Gasteiger partial charge in [-0.2, -0.15) is 39.5 Å². The van der Waals surface area contributed by atoms with Crippen LogP contribution in [0.15, 0.2) is 48.6 Å². The molecule has 2 saturated carbocycles. The SMILES string of the molecule is CCO[C@@H]1C[C@H]2C(=O)NC3(CCC3)C(=O)N(C)[C@@H](C3CCCC3)C(=O)N(C)[C@H](C(=O)N(C)C)CC(=O)N(C)[C@@H](COCC(F)(F)F)C(=O)N[C@@H]([C@@H](C)CC)C(=O)N(C)CC(=O)N(C)[C@@H]3C/C=C\CCN(C3=O)[C@@H](Cc3ccc(C(F)(F)F)cc3)C(=O)N(C)CC(=O)N[C@@H](CCc3cc(F)c(C(F)(F)F)c(F)c3)C(=O)N2C1. The van der Waals surface area contributed by atoms with E-state index in [4.69, 9.17) is 9.47 Å². The minimum absolute atomic E-state index is 0.0163. The summed E-state index contributed by atoms with van der Waals surface area (Å²) in [4.78, 5) is 189. The summed E-state index contributed by atoms with van der Waals surface area (Å²) in [5.74, 6) is -17.4. The number of alkyl halides is 9. The minimum Gasteiger partial charge on any atom is -0.377 e. The molecule has 10 atom stereocenters. The van der Waals surface area contributed by atoms with Crippen molar-refractivity contribution in [2.24, 2.45) is 11.8 Å². The van der Waals surface area contributed by atoms with Crippen LogP contribution in [0.25, 0.3) is 0 Å². The molecule has 26 nitrogen and oxygen atoms in total. The number of ether oxygens (including phenoxy) is 2. The molecule has 2 aromatic rings. The molecule has 2 aromatic carbocycles. The lowest BCUT2D eigenvalue weighted by Crippen LogP contribution is -2.68. The van der Waals surface area contributed by atoms with E-state index in [1.807, 2.05) is 0 Å². The fraction of sp³-hybridized carbons (Fsp3) is 0.649. The number of nitrogens with one attached hydrogen (secondary N) is 3. The van der Waals surface area contributed by atoms with Crippen molar-refractivity contribution in [2.45, 2.75) is 196 Å². The van der Waals surface area contributed by atoms with Crippen molar-refractivity contribution in [3.8, 4) is 0 Å². The first-order valence-corrected chi connectivity index (χ1v) is 36.8. The molecule has 0 radical (unpaired) electrons. The van der Waals surface area contributed by atoms with Crippen molar-refractivity contribution < 1.29 is 115 Å². The molecule has 111 heavy (non-hydrogen) atoms. The van der Waals surface area contributed by atoms with Crippen molar-refractivity contribution in [3.05, 3.63) is 82.4 Å². The predicted molar refractivity (Wildman–Crippen MR) is 376 cm³/mol. The van der Waals surface area contributed by atoms with Crippen LogP contribution < -0.4 is 16.0 Å². The topological polar surface area (TPSA) is 289 Å². The highest BCUT2D eigenvalue weighted by Crippen LogP contribution is 2.40. The Balaban J connectivity index is 1.36. The van der Waals surface area contributed by atoms with Crippen molar-refractivity contribution >= 4 is 70.9 Å². The number of rotatable bonds is 14. The van der Waals surface area contributed by atoms with Gasteiger partial charge in [0.1, 0.15) is 77.7 Å². The van der Waals surface area contributed by atoms with E-state index in [0.29, 0.717) is 49.1 Å². The summed E-state index contributed by atoms with van der Waals surface area (Å²) < 4.78 is 166. The lowest BCUT2D eigenvalue weighted by Gasteiger charge is -2.46. The molecular weight excluding hydrogens is 1490 g/mol. The molecule has 12 amide bonds. The summed E-state index contributed by atoms with van der Waals surface area (Å²) in [6.45, 7) is -0.859. The van der Waals surface area contributed by atoms with E-state index in [0.717, 1.165) is 84.6 Å². The molecule has 0 unspecified atom stereocenters. The van der Waals surface area contributed by atoms with E-state index in [1.54, 1.807) is 26.0 Å². The first-order chi connectivity index (χ1) is 51.9. The number of fused-ring (bicyclic) bond motifs is 3. The van der Waals surface area contributed by atoms with Gasteiger partial charge in [-0.25, -0.2) is 8.78 Å². The number of benzene rings is 2. The van der Waals surface area contributed by atoms with Crippen LogP contribution in [-0.2, 0) is 92.2 Å². The third-order valence-electron chi connectivity index (χ3n) is 21.6. The highest BCUT2D eigenvalue weighted by Gasteiger charge is 2.54. The average Bonchev–Trinajstić information content (AvgIpc) is 1.73. The van der Waals surface area contributed by atoms with E-state index < -0.39 is 248 Å². The van der Waals surface area contributed by atoms with E-state index >= 15 is 37.5 Å². The van der Waals surface area contributed by atoms with Gasteiger partial charge in [-0.05, 0) is 112 Å². The van der Waals surface area contributed by atoms with Gasteiger partial charge in [0.25, 0.3) is 0 Å². The maximum atomic E-state index is 15.5. The summed E-state index contributed by atoms with van der Waals surface area (Å²) in [6.07, 6.45) is -14.0. The minimum atomic E-state index is -5.49. The first kappa shape index (κ1) is 89.2. The number of hydrogen-bond acceptors (Lipinski definition) is 14. The standard InChI is InChI=1S/C74H99F11N12O14/c1-12-42(3)60-68(107)91(7)39-58(100)92(8)51-22-15-14-18-31-96(67(51)106)54(34-43-23-26-46(27-24-43)73(80,81)82)66(105)90(6)38-56(98)86-50(28-25-44-32-48(75)59(49(76)33-44)74(83,84)85)64(103)97-37-47(111-13-2)35-52(97)63(102)88-71(29-19-30-71)70(109)95(11)61(45-20-16-17-21-45)69(108)94(10)53(65(104)89(4)5)36-57(99)93(9)55(62(101)87-60)40-110-41-72(77,78)79/h14-15,23-24,26-27,32-33,42,45,47,50-55,60-61H,12-13,16-22,25,28-31,34-41H2,1-11H3,(H,86,98)(H,87,101)(H,88,102)/b15-14-/t42-,47+,50-,51+,52-,53-,54-,55-,60-,61-/m0/s1. The van der Waals surface area contributed by atoms with Gasteiger partial charge < -0.3 is 69.5 Å². The molecule has 3 N–H and O–H groups in total. The van der Waals surface area contributed by atoms with Gasteiger partial charge in [-0.1, -0.05) is 57.4 Å². The molecule has 37 heteroatoms. The molecule has 616 valence electrons. The van der Waals surface area contributed by atoms with Crippen LogP contribution in [-0.4, -0.2) is 284 Å². The zero-order valence-corrected chi connectivity index (χ0v) is 63.9. The maximum Gasteiger partial charge on any atom is 0.422 e. The van der Waals surface area contributed by atoms with Gasteiger partial charge in [-0.15, -0.1) is 0 Å². The molecule has 2 aliphatic carbocycles. The Bertz CT molecular complexity index is 3740. The molecule has 3 heterocycles. The van der Waals surface area contributed by atoms with Gasteiger partial charge in [0.15, 0.2) is 0 Å². The summed E-state index contributed by atoms with van der Waals surface area (Å²) in [6, 6.07) is -9.17. The van der Waals surface area contributed by atoms with E-state index in [9.17, 15) is 68.3 Å². The molecule has 0 aromatic heterocycles. The average molecular weight is 1590 g/mol. The number of carbonyl (C=O) groups excluding carboxylic acids is 12. The quantitative estimate of drug-likeness (QED) is 0.161. The molecule has 3 aliphatic heterocycles. The monoisotopic (exact) mass is 1590 g/mol. The maximum absolute atomic E-state index is 15.5. The molecule has 2 saturated heterocycles. The summed E-state index contributed by atoms with van der Waals surface area (Å²) >= 11 is 0. The Labute approximate surface area is 636 Å². The largest absolute Gasteiger partial charge is 0.422 e. The number of likely N-dealkylation sites (N-methyl/N-ethyl adjacent to an activating group) is 7. The van der Waals surface area contributed by atoms with Crippen LogP contribution in [0.1, 0.15) is 126 Å². The Hall–Kier alpha value is -9.03. The van der Waals surface area contributed by atoms with E-state index in [-0.39, 0.29) is 57.2 Å². The zero-order chi connectivity index (χ0) is 82.7. The smallest absolute Gasteiger partial charge is 0.377 e. The van der Waals surface area contributed by atoms with Gasteiger partial charge in [0.2, 0.25) is 70.9 Å². The van der Waals surface area contributed by atoms with Crippen LogP contribution in [0.3, 0.4) is 0 Å². The van der Waals surface area contributed by atoms with Crippen LogP contribution in [0.4, 0.5) is 48.3 Å². The van der Waals surface area contributed by atoms with Gasteiger partial charge in [0, 0.05) is 88.9 Å². The van der Waals surface area contributed by atoms with Crippen LogP contribution in [0, 0.1) is 23.5 Å². The number of aryl methyl sites for hydroxylation is 1. The number of halogens is 11. The number of amides is 12. The summed E-state index contributed by atoms with van der Waals surface area (Å²) in [7, 11) is 9.58. The highest BCUT2D eigenvalue weighted by atomic mass is 19.4.